The number of hydrogen-bond donors (Lipinski definition) is 0. The molecular formula is C39H38Cl6F6N10. The summed E-state index contributed by atoms with van der Waals surface area (Å²) in [5.41, 5.74) is -1.66. The molecule has 0 radical (unpaired) electrons. The molecule has 2 fully saturated rings. The number of nitrogens with zero attached hydrogens (tertiary/aromatic N) is 10. The zero-order chi connectivity index (χ0) is 43.3. The van der Waals surface area contributed by atoms with Crippen LogP contribution in [0.1, 0.15) is 81.1 Å². The van der Waals surface area contributed by atoms with Crippen molar-refractivity contribution in [1.29, 1.82) is 0 Å². The number of halogens is 12. The van der Waals surface area contributed by atoms with Gasteiger partial charge in [-0.05, 0) is 87.5 Å². The van der Waals surface area contributed by atoms with Crippen molar-refractivity contribution in [3.63, 3.8) is 0 Å². The molecule has 8 rings (SSSR count). The fraction of sp³-hybridized carbons (Fsp3) is 0.436. The van der Waals surface area contributed by atoms with Gasteiger partial charge in [-0.3, -0.25) is 4.90 Å². The summed E-state index contributed by atoms with van der Waals surface area (Å²) in [6.07, 6.45) is -2.06. The first-order valence-electron chi connectivity index (χ1n) is 19.0. The van der Waals surface area contributed by atoms with Gasteiger partial charge in [0.05, 0.1) is 24.5 Å². The smallest absolute Gasteiger partial charge is 0.355 e. The lowest BCUT2D eigenvalue weighted by Gasteiger charge is -2.44. The van der Waals surface area contributed by atoms with Crippen LogP contribution < -0.4 is 4.90 Å². The number of anilines is 1. The lowest BCUT2D eigenvalue weighted by Crippen LogP contribution is -2.51. The molecule has 4 unspecified atom stereocenters. The zero-order valence-electron chi connectivity index (χ0n) is 32.6. The second kappa shape index (κ2) is 18.8. The van der Waals surface area contributed by atoms with Gasteiger partial charge in [-0.25, -0.2) is 29.3 Å². The fourth-order valence-electron chi connectivity index (χ4n) is 7.94. The van der Waals surface area contributed by atoms with Crippen molar-refractivity contribution in [3.8, 4) is 0 Å². The maximum Gasteiger partial charge on any atom is 0.437 e. The molecule has 0 spiro atoms. The second-order valence-electron chi connectivity index (χ2n) is 14.9. The molecule has 4 atom stereocenters. The van der Waals surface area contributed by atoms with Gasteiger partial charge < -0.3 is 4.90 Å². The maximum atomic E-state index is 13.9. The molecule has 0 N–H and O–H groups in total. The van der Waals surface area contributed by atoms with Gasteiger partial charge in [-0.1, -0.05) is 83.5 Å². The first kappa shape index (κ1) is 47.1. The van der Waals surface area contributed by atoms with Crippen molar-refractivity contribution in [1.82, 2.24) is 44.4 Å². The topological polar surface area (TPSA) is 93.7 Å². The lowest BCUT2D eigenvalue weighted by molar-refractivity contribution is -0.141. The van der Waals surface area contributed by atoms with Crippen LogP contribution in [0.4, 0.5) is 32.2 Å². The number of aromatic nitrogens is 8. The van der Waals surface area contributed by atoms with E-state index < -0.39 is 35.8 Å². The molecule has 2 saturated heterocycles. The third kappa shape index (κ3) is 10.1. The highest BCUT2D eigenvalue weighted by Gasteiger charge is 2.41. The molecule has 22 heteroatoms. The first-order valence-corrected chi connectivity index (χ1v) is 20.9. The van der Waals surface area contributed by atoms with Crippen molar-refractivity contribution >= 4 is 98.6 Å². The van der Waals surface area contributed by atoms with Gasteiger partial charge in [0, 0.05) is 39.2 Å². The van der Waals surface area contributed by atoms with Crippen LogP contribution in [0.25, 0.3) is 22.3 Å². The molecule has 2 aliphatic heterocycles. The van der Waals surface area contributed by atoms with Crippen LogP contribution in [0, 0.1) is 5.92 Å². The average molecular weight is 974 g/mol. The summed E-state index contributed by atoms with van der Waals surface area (Å²) in [6, 6.07) is 8.90. The largest absolute Gasteiger partial charge is 0.437 e. The van der Waals surface area contributed by atoms with Crippen LogP contribution in [0.2, 0.25) is 25.2 Å². The summed E-state index contributed by atoms with van der Waals surface area (Å²) in [4.78, 5) is 21.3. The molecular weight excluding hydrogens is 935 g/mol. The third-order valence-electron chi connectivity index (χ3n) is 10.9. The van der Waals surface area contributed by atoms with Crippen molar-refractivity contribution in [2.24, 2.45) is 5.92 Å². The van der Waals surface area contributed by atoms with E-state index >= 15 is 0 Å². The van der Waals surface area contributed by atoms with E-state index in [2.05, 4.69) is 46.9 Å². The molecule has 0 bridgehead atoms. The Hall–Kier alpha value is -3.38. The molecule has 2 aromatic carbocycles. The summed E-state index contributed by atoms with van der Waals surface area (Å²) in [5, 5.41) is 9.07. The number of likely N-dealkylation sites (tertiary alicyclic amines) is 1. The number of rotatable bonds is 6. The van der Waals surface area contributed by atoms with Crippen molar-refractivity contribution < 1.29 is 26.3 Å². The molecule has 6 heterocycles. The number of fused-ring (bicyclic) bond motifs is 2. The predicted octanol–water partition coefficient (Wildman–Crippen LogP) is 12.3. The van der Waals surface area contributed by atoms with Crippen LogP contribution >= 0.6 is 70.4 Å². The van der Waals surface area contributed by atoms with Crippen LogP contribution in [0.5, 0.6) is 0 Å². The van der Waals surface area contributed by atoms with Crippen LogP contribution in [0.15, 0.2) is 48.8 Å². The maximum absolute atomic E-state index is 13.9. The lowest BCUT2D eigenvalue weighted by atomic mass is 9.91. The summed E-state index contributed by atoms with van der Waals surface area (Å²) in [7, 11) is 0. The Bertz CT molecular complexity index is 2510. The van der Waals surface area contributed by atoms with E-state index in [1.165, 1.54) is 36.2 Å². The number of piperidine rings is 2. The molecule has 0 amide bonds. The zero-order valence-corrected chi connectivity index (χ0v) is 37.2. The molecule has 61 heavy (non-hydrogen) atoms. The predicted molar refractivity (Wildman–Crippen MR) is 229 cm³/mol. The number of hydrogen-bond acceptors (Lipinski definition) is 8. The van der Waals surface area contributed by atoms with Gasteiger partial charge in [-0.15, -0.1) is 12.4 Å². The quantitative estimate of drug-likeness (QED) is 0.152. The Morgan fingerprint density at radius 2 is 1.16 bits per heavy atom. The minimum Gasteiger partial charge on any atom is -0.355 e. The first-order chi connectivity index (χ1) is 28.3. The molecule has 328 valence electrons. The summed E-state index contributed by atoms with van der Waals surface area (Å²) in [5.74, 6) is 0.979. The molecule has 10 nitrogen and oxygen atoms in total. The SMILES string of the molecule is CC(c1ccc(Cl)cc1Cl)n1nc(C(F)(F)F)c2ncc(Cl)nc21.CC1CN(c2cnc3c(C(F)(F)F)nn(C(C)c4ccc(Cl)cc4Cl)c3n2)CCC1N1CCCCC1.Cl. The highest BCUT2D eigenvalue weighted by atomic mass is 35.5. The molecule has 0 aliphatic carbocycles. The van der Waals surface area contributed by atoms with E-state index in [1.54, 1.807) is 44.2 Å². The van der Waals surface area contributed by atoms with Gasteiger partial charge in [0.1, 0.15) is 22.0 Å². The standard InChI is InChI=1S/C25H29Cl2F3N6.C14H8Cl3F3N4.ClH/c1-15-14-35(11-8-20(15)34-9-4-3-5-10-34)21-13-31-22-23(25(28,29)30)33-36(24(22)32-21)16(2)18-7-6-17(26)12-19(18)27;1-6(8-3-2-7(15)4-9(8)16)24-13-11(21-5-10(17)22-13)12(23-24)14(18,19)20;/h6-7,12-13,15-16,20H,3-5,8-11,14H2,1-2H3;2-6H,1H3;1H. The Kier molecular flexibility index (Phi) is 14.5. The summed E-state index contributed by atoms with van der Waals surface area (Å²) >= 11 is 30.2. The highest BCUT2D eigenvalue weighted by molar-refractivity contribution is 6.35. The fourth-order valence-corrected chi connectivity index (χ4v) is 9.20. The van der Waals surface area contributed by atoms with Crippen molar-refractivity contribution in [2.45, 2.75) is 76.9 Å². The third-order valence-corrected chi connectivity index (χ3v) is 12.2. The minimum absolute atomic E-state index is 0. The Morgan fingerprint density at radius 1 is 0.672 bits per heavy atom. The summed E-state index contributed by atoms with van der Waals surface area (Å²) < 4.78 is 83.6. The number of benzene rings is 2. The monoisotopic (exact) mass is 970 g/mol. The van der Waals surface area contributed by atoms with Gasteiger partial charge in [-0.2, -0.15) is 36.5 Å². The van der Waals surface area contributed by atoms with E-state index in [-0.39, 0.29) is 39.9 Å². The van der Waals surface area contributed by atoms with Gasteiger partial charge in [0.2, 0.25) is 0 Å². The molecule has 2 aliphatic rings. The second-order valence-corrected chi connectivity index (χ2v) is 17.0. The van der Waals surface area contributed by atoms with Gasteiger partial charge >= 0.3 is 12.4 Å². The minimum atomic E-state index is -4.67. The van der Waals surface area contributed by atoms with Crippen LogP contribution in [-0.4, -0.2) is 76.6 Å². The van der Waals surface area contributed by atoms with Crippen molar-refractivity contribution in [3.05, 3.63) is 96.6 Å². The number of alkyl halides is 6. The van der Waals surface area contributed by atoms with Crippen molar-refractivity contribution in [2.75, 3.05) is 31.1 Å². The van der Waals surface area contributed by atoms with Crippen LogP contribution in [0.3, 0.4) is 0 Å². The Labute approximate surface area is 377 Å². The molecule has 4 aromatic heterocycles. The Morgan fingerprint density at radius 3 is 1.64 bits per heavy atom. The normalized spacial score (nSPS) is 18.8. The average Bonchev–Trinajstić information content (AvgIpc) is 3.77. The van der Waals surface area contributed by atoms with E-state index in [0.717, 1.165) is 43.5 Å². The van der Waals surface area contributed by atoms with E-state index in [1.807, 2.05) is 0 Å². The van der Waals surface area contributed by atoms with Crippen LogP contribution in [-0.2, 0) is 12.4 Å². The van der Waals surface area contributed by atoms with E-state index in [4.69, 9.17) is 58.0 Å². The van der Waals surface area contributed by atoms with Gasteiger partial charge in [0.25, 0.3) is 0 Å². The van der Waals surface area contributed by atoms with E-state index in [0.29, 0.717) is 49.0 Å². The molecule has 0 saturated carbocycles. The molecule has 6 aromatic rings. The summed E-state index contributed by atoms with van der Waals surface area (Å²) in [6.45, 7) is 9.47. The van der Waals surface area contributed by atoms with E-state index in [9.17, 15) is 26.3 Å². The Balaban J connectivity index is 0.000000217. The van der Waals surface area contributed by atoms with Gasteiger partial charge in [0.15, 0.2) is 22.7 Å². The highest BCUT2D eigenvalue weighted by Crippen LogP contribution is 2.39.